The minimum Gasteiger partial charge on any atom is -0.455 e. The Hall–Kier alpha value is -3.65. The summed E-state index contributed by atoms with van der Waals surface area (Å²) in [4.78, 5) is 0. The zero-order chi connectivity index (χ0) is 18.9. The molecule has 0 unspecified atom stereocenters. The Bertz CT molecular complexity index is 1250. The maximum absolute atomic E-state index is 6.47. The van der Waals surface area contributed by atoms with Crippen molar-refractivity contribution < 1.29 is 8.84 Å². The summed E-state index contributed by atoms with van der Waals surface area (Å²) >= 11 is 0. The van der Waals surface area contributed by atoms with Crippen LogP contribution in [0.2, 0.25) is 0 Å². The second kappa shape index (κ2) is 6.82. The predicted octanol–water partition coefficient (Wildman–Crippen LogP) is 6.85. The fourth-order valence-corrected chi connectivity index (χ4v) is 3.85. The molecule has 0 N–H and O–H groups in total. The molecule has 3 aromatic rings. The Labute approximate surface area is 163 Å². The van der Waals surface area contributed by atoms with E-state index >= 15 is 0 Å². The molecule has 3 aromatic carbocycles. The highest BCUT2D eigenvalue weighted by Crippen LogP contribution is 2.46. The van der Waals surface area contributed by atoms with Gasteiger partial charge in [0.2, 0.25) is 0 Å². The van der Waals surface area contributed by atoms with Gasteiger partial charge in [-0.3, -0.25) is 4.42 Å². The molecule has 2 heteroatoms. The number of hydrogen-bond donors (Lipinski definition) is 0. The van der Waals surface area contributed by atoms with Gasteiger partial charge in [0.05, 0.1) is 5.56 Å². The van der Waals surface area contributed by atoms with E-state index in [1.165, 1.54) is 0 Å². The van der Waals surface area contributed by atoms with Crippen LogP contribution in [-0.4, -0.2) is 13.4 Å². The van der Waals surface area contributed by atoms with Crippen molar-refractivity contribution in [3.05, 3.63) is 96.6 Å². The summed E-state index contributed by atoms with van der Waals surface area (Å²) in [5.74, 6) is 1.74. The van der Waals surface area contributed by atoms with Crippen LogP contribution in [0.25, 0.3) is 44.5 Å². The van der Waals surface area contributed by atoms with Crippen LogP contribution >= 0.6 is 0 Å². The van der Waals surface area contributed by atoms with Crippen LogP contribution in [-0.2, 0) is 0 Å². The molecule has 0 fully saturated rings. The van der Waals surface area contributed by atoms with Crippen LogP contribution in [0, 0.1) is 0 Å². The standard InChI is InChI=1S/C26H19O2/c1-27-17-23-20-14-8-9-15-21(20)26-25(23)22(18-10-4-2-5-11-18)16-24(28-26)19-12-6-3-7-13-19/h2-17H,1H3/q+1. The minimum absolute atomic E-state index is 0.853. The van der Waals surface area contributed by atoms with Gasteiger partial charge in [0.1, 0.15) is 11.5 Å². The molecule has 1 aliphatic heterocycles. The van der Waals surface area contributed by atoms with Gasteiger partial charge in [-0.05, 0) is 17.2 Å². The van der Waals surface area contributed by atoms with Crippen molar-refractivity contribution in [1.82, 2.24) is 0 Å². The number of benzene rings is 3. The molecule has 5 rings (SSSR count). The van der Waals surface area contributed by atoms with Crippen LogP contribution in [0.1, 0.15) is 9.99 Å². The van der Waals surface area contributed by atoms with Crippen LogP contribution in [0.3, 0.4) is 0 Å². The van der Waals surface area contributed by atoms with E-state index < -0.39 is 0 Å². The summed E-state index contributed by atoms with van der Waals surface area (Å²) in [5.41, 5.74) is 5.48. The first-order valence-corrected chi connectivity index (χ1v) is 9.32. The summed E-state index contributed by atoms with van der Waals surface area (Å²) in [7, 11) is 1.69. The molecule has 2 nitrogen and oxygen atoms in total. The van der Waals surface area contributed by atoms with E-state index in [4.69, 9.17) is 8.84 Å². The number of fused-ring (bicyclic) bond motifs is 3. The quantitative estimate of drug-likeness (QED) is 0.254. The molecule has 0 bridgehead atoms. The Kier molecular flexibility index (Phi) is 4.02. The van der Waals surface area contributed by atoms with Crippen molar-refractivity contribution in [3.63, 3.8) is 0 Å². The van der Waals surface area contributed by atoms with Gasteiger partial charge in [0.15, 0.2) is 0 Å². The van der Waals surface area contributed by atoms with Crippen molar-refractivity contribution >= 4 is 17.1 Å². The molecule has 28 heavy (non-hydrogen) atoms. The van der Waals surface area contributed by atoms with Crippen LogP contribution in [0.4, 0.5) is 0 Å². The molecule has 2 aliphatic rings. The van der Waals surface area contributed by atoms with Crippen LogP contribution in [0.5, 0.6) is 0 Å². The molecule has 0 saturated heterocycles. The largest absolute Gasteiger partial charge is 0.455 e. The highest BCUT2D eigenvalue weighted by atomic mass is 16.4. The van der Waals surface area contributed by atoms with E-state index in [0.717, 1.165) is 50.1 Å². The first kappa shape index (κ1) is 16.5. The average molecular weight is 363 g/mol. The smallest absolute Gasteiger partial charge is 0.316 e. The van der Waals surface area contributed by atoms with E-state index in [9.17, 15) is 0 Å². The third kappa shape index (κ3) is 2.62. The molecular weight excluding hydrogens is 344 g/mol. The van der Waals surface area contributed by atoms with Gasteiger partial charge < -0.3 is 4.42 Å². The summed E-state index contributed by atoms with van der Waals surface area (Å²) < 4.78 is 11.9. The van der Waals surface area contributed by atoms with Crippen molar-refractivity contribution in [1.29, 1.82) is 0 Å². The third-order valence-corrected chi connectivity index (χ3v) is 5.09. The van der Waals surface area contributed by atoms with Crippen molar-refractivity contribution in [2.24, 2.45) is 0 Å². The number of aldehydes is 1. The number of hydrogen-bond acceptors (Lipinski definition) is 1. The van der Waals surface area contributed by atoms with Gasteiger partial charge in [-0.15, -0.1) is 0 Å². The monoisotopic (exact) mass is 363 g/mol. The fraction of sp³-hybridized carbons (Fsp3) is 0.0385. The van der Waals surface area contributed by atoms with E-state index in [2.05, 4.69) is 60.7 Å². The molecule has 0 spiro atoms. The first-order chi connectivity index (χ1) is 13.9. The molecule has 0 aromatic heterocycles. The van der Waals surface area contributed by atoms with Crippen LogP contribution in [0.15, 0.2) is 95.4 Å². The van der Waals surface area contributed by atoms with Gasteiger partial charge in [0.25, 0.3) is 7.11 Å². The second-order valence-corrected chi connectivity index (χ2v) is 6.77. The summed E-state index contributed by atoms with van der Waals surface area (Å²) in [5, 5.41) is 2.22. The number of rotatable bonds is 3. The lowest BCUT2D eigenvalue weighted by Crippen LogP contribution is -1.91. The molecule has 1 aliphatic carbocycles. The Balaban J connectivity index is 1.94. The van der Waals surface area contributed by atoms with Crippen LogP contribution < -0.4 is 0 Å². The Morgan fingerprint density at radius 1 is 0.714 bits per heavy atom. The predicted molar refractivity (Wildman–Crippen MR) is 115 cm³/mol. The van der Waals surface area contributed by atoms with Gasteiger partial charge in [-0.25, -0.2) is 0 Å². The zero-order valence-corrected chi connectivity index (χ0v) is 15.6. The Morgan fingerprint density at radius 3 is 2.00 bits per heavy atom. The molecule has 134 valence electrons. The molecule has 0 amide bonds. The maximum Gasteiger partial charge on any atom is 0.316 e. The fourth-order valence-electron chi connectivity index (χ4n) is 3.85. The lowest BCUT2D eigenvalue weighted by molar-refractivity contribution is -0.217. The first-order valence-electron chi connectivity index (χ1n) is 9.32. The molecular formula is C26H19O2+. The van der Waals surface area contributed by atoms with E-state index in [0.29, 0.717) is 0 Å². The molecule has 0 atom stereocenters. The second-order valence-electron chi connectivity index (χ2n) is 6.77. The Morgan fingerprint density at radius 2 is 1.32 bits per heavy atom. The van der Waals surface area contributed by atoms with Crippen molar-refractivity contribution in [2.45, 2.75) is 0 Å². The zero-order valence-electron chi connectivity index (χ0n) is 15.6. The highest BCUT2D eigenvalue weighted by Gasteiger charge is 2.26. The minimum atomic E-state index is 0.853. The summed E-state index contributed by atoms with van der Waals surface area (Å²) in [6, 6.07) is 31.1. The topological polar surface area (TPSA) is 24.4 Å². The van der Waals surface area contributed by atoms with E-state index in [1.54, 1.807) is 7.11 Å². The van der Waals surface area contributed by atoms with Gasteiger partial charge in [-0.2, -0.15) is 0 Å². The van der Waals surface area contributed by atoms with Gasteiger partial charge in [0, 0.05) is 21.9 Å². The molecule has 1 heterocycles. The normalized spacial score (nSPS) is 11.6. The summed E-state index contributed by atoms with van der Waals surface area (Å²) in [6.45, 7) is 0. The lowest BCUT2D eigenvalue weighted by Gasteiger charge is -2.12. The van der Waals surface area contributed by atoms with Gasteiger partial charge in [-0.1, -0.05) is 84.9 Å². The SMILES string of the molecule is C[O+]=Cc1c2c(-c3ccccc3)cc(-c3ccccc3)oc-2c2ccccc12. The third-order valence-electron chi connectivity index (χ3n) is 5.09. The number of carbonyl (C=O) groups excluding carboxylic acids is 1. The van der Waals surface area contributed by atoms with Gasteiger partial charge >= 0.3 is 6.29 Å². The average Bonchev–Trinajstić information content (AvgIpc) is 3.09. The summed E-state index contributed by atoms with van der Waals surface area (Å²) in [6.07, 6.45) is 1.81. The van der Waals surface area contributed by atoms with E-state index in [1.807, 2.05) is 36.6 Å². The highest BCUT2D eigenvalue weighted by molar-refractivity contribution is 6.16. The maximum atomic E-state index is 6.47. The van der Waals surface area contributed by atoms with Crippen molar-refractivity contribution in [2.75, 3.05) is 7.11 Å². The van der Waals surface area contributed by atoms with E-state index in [-0.39, 0.29) is 0 Å². The van der Waals surface area contributed by atoms with Crippen molar-refractivity contribution in [3.8, 4) is 33.8 Å². The molecule has 0 saturated carbocycles. The molecule has 0 radical (unpaired) electrons. The lowest BCUT2D eigenvalue weighted by atomic mass is 9.96.